The number of hydrogen-bond donors (Lipinski definition) is 0. The molecule has 1 aliphatic rings. The minimum absolute atomic E-state index is 0.0702. The largest absolute Gasteiger partial charge is 0.489 e. The van der Waals surface area contributed by atoms with Crippen molar-refractivity contribution in [2.75, 3.05) is 19.6 Å². The van der Waals surface area contributed by atoms with Crippen LogP contribution in [-0.4, -0.2) is 36.4 Å². The van der Waals surface area contributed by atoms with Gasteiger partial charge >= 0.3 is 6.18 Å². The van der Waals surface area contributed by atoms with E-state index >= 15 is 0 Å². The summed E-state index contributed by atoms with van der Waals surface area (Å²) in [5, 5.41) is 1.22. The molecule has 0 aromatic heterocycles. The van der Waals surface area contributed by atoms with E-state index < -0.39 is 11.7 Å². The van der Waals surface area contributed by atoms with E-state index in [0.717, 1.165) is 42.0 Å². The number of ketones is 1. The number of Topliss-reactive ketones (excluding diaryl/α,β-unsaturated/α-hetero) is 1. The first-order valence-electron chi connectivity index (χ1n) is 11.1. The molecule has 1 heterocycles. The lowest BCUT2D eigenvalue weighted by molar-refractivity contribution is -0.139. The molecule has 0 bridgehead atoms. The molecule has 7 heteroatoms. The SMILES string of the molecule is O=C(CCCN1CCC(Oc2c(C(F)(F)F)ccc3ccccc23)CC1)c1ccc(Br)cc1. The summed E-state index contributed by atoms with van der Waals surface area (Å²) in [6.45, 7) is 2.27. The van der Waals surface area contributed by atoms with Crippen molar-refractivity contribution in [1.29, 1.82) is 0 Å². The number of carbonyl (C=O) groups excluding carboxylic acids is 1. The van der Waals surface area contributed by atoms with Crippen LogP contribution in [0.4, 0.5) is 13.2 Å². The van der Waals surface area contributed by atoms with Gasteiger partial charge in [0.2, 0.25) is 0 Å². The van der Waals surface area contributed by atoms with E-state index in [-0.39, 0.29) is 17.6 Å². The van der Waals surface area contributed by atoms with E-state index in [9.17, 15) is 18.0 Å². The second-order valence-corrected chi connectivity index (χ2v) is 9.27. The minimum atomic E-state index is -4.47. The van der Waals surface area contributed by atoms with Crippen LogP contribution in [0.15, 0.2) is 65.1 Å². The molecule has 3 nitrogen and oxygen atoms in total. The van der Waals surface area contributed by atoms with Crippen molar-refractivity contribution in [2.24, 2.45) is 0 Å². The molecule has 0 spiro atoms. The predicted molar refractivity (Wildman–Crippen MR) is 127 cm³/mol. The van der Waals surface area contributed by atoms with Crippen LogP contribution in [0.3, 0.4) is 0 Å². The third-order valence-corrected chi connectivity index (χ3v) is 6.58. The Morgan fingerprint density at radius 3 is 2.39 bits per heavy atom. The number of piperidine rings is 1. The summed E-state index contributed by atoms with van der Waals surface area (Å²) in [7, 11) is 0. The van der Waals surface area contributed by atoms with Crippen molar-refractivity contribution in [2.45, 2.75) is 38.0 Å². The molecule has 33 heavy (non-hydrogen) atoms. The summed E-state index contributed by atoms with van der Waals surface area (Å²) in [4.78, 5) is 14.6. The number of alkyl halides is 3. The van der Waals surface area contributed by atoms with E-state index in [1.54, 1.807) is 24.3 Å². The summed E-state index contributed by atoms with van der Waals surface area (Å²) in [5.41, 5.74) is -0.0176. The highest BCUT2D eigenvalue weighted by molar-refractivity contribution is 9.10. The maximum atomic E-state index is 13.6. The molecule has 1 fully saturated rings. The third kappa shape index (κ3) is 5.95. The Bertz CT molecular complexity index is 1110. The number of hydrogen-bond acceptors (Lipinski definition) is 3. The molecule has 0 N–H and O–H groups in total. The lowest BCUT2D eigenvalue weighted by atomic mass is 10.0. The lowest BCUT2D eigenvalue weighted by Crippen LogP contribution is -2.39. The number of ether oxygens (including phenoxy) is 1. The van der Waals surface area contributed by atoms with Crippen LogP contribution in [0.25, 0.3) is 10.8 Å². The van der Waals surface area contributed by atoms with Gasteiger partial charge in [-0.3, -0.25) is 4.79 Å². The number of carbonyl (C=O) groups is 1. The standard InChI is InChI=1S/C26H25BrF3NO2/c27-20-10-7-19(8-11-20)24(32)6-3-15-31-16-13-21(14-17-31)33-25-22-5-2-1-4-18(22)9-12-23(25)26(28,29)30/h1-2,4-5,7-12,21H,3,6,13-17H2. The zero-order valence-corrected chi connectivity index (χ0v) is 19.7. The fraction of sp³-hybridized carbons (Fsp3) is 0.346. The molecule has 4 rings (SSSR count). The fourth-order valence-electron chi connectivity index (χ4n) is 4.25. The Kier molecular flexibility index (Phi) is 7.39. The van der Waals surface area contributed by atoms with Gasteiger partial charge in [0.15, 0.2) is 5.78 Å². The van der Waals surface area contributed by atoms with Gasteiger partial charge in [-0.05, 0) is 49.4 Å². The normalized spacial score (nSPS) is 15.6. The molecule has 3 aromatic carbocycles. The summed E-state index contributed by atoms with van der Waals surface area (Å²) >= 11 is 3.37. The Hall–Kier alpha value is -2.38. The van der Waals surface area contributed by atoms with Crippen molar-refractivity contribution < 1.29 is 22.7 Å². The maximum Gasteiger partial charge on any atom is 0.419 e. The number of fused-ring (bicyclic) bond motifs is 1. The molecular formula is C26H25BrF3NO2. The average Bonchev–Trinajstić information content (AvgIpc) is 2.80. The Morgan fingerprint density at radius 2 is 1.70 bits per heavy atom. The van der Waals surface area contributed by atoms with Gasteiger partial charge in [-0.15, -0.1) is 0 Å². The molecule has 0 radical (unpaired) electrons. The highest BCUT2D eigenvalue weighted by Gasteiger charge is 2.36. The average molecular weight is 520 g/mol. The molecule has 1 aliphatic heterocycles. The van der Waals surface area contributed by atoms with E-state index in [4.69, 9.17) is 4.74 Å². The van der Waals surface area contributed by atoms with Crippen LogP contribution in [-0.2, 0) is 6.18 Å². The Labute approximate surface area is 199 Å². The topological polar surface area (TPSA) is 29.5 Å². The van der Waals surface area contributed by atoms with Gasteiger partial charge in [-0.2, -0.15) is 13.2 Å². The molecule has 0 amide bonds. The van der Waals surface area contributed by atoms with Crippen molar-refractivity contribution in [3.63, 3.8) is 0 Å². The number of nitrogens with zero attached hydrogens (tertiary/aromatic N) is 1. The number of benzene rings is 3. The summed E-state index contributed by atoms with van der Waals surface area (Å²) in [6.07, 6.45) is -2.20. The molecule has 0 unspecified atom stereocenters. The molecule has 1 saturated heterocycles. The number of likely N-dealkylation sites (tertiary alicyclic amines) is 1. The van der Waals surface area contributed by atoms with Crippen molar-refractivity contribution in [3.05, 3.63) is 76.3 Å². The first-order chi connectivity index (χ1) is 15.8. The van der Waals surface area contributed by atoms with Gasteiger partial charge in [0.05, 0.1) is 5.56 Å². The van der Waals surface area contributed by atoms with Gasteiger partial charge in [0.25, 0.3) is 0 Å². The molecular weight excluding hydrogens is 495 g/mol. The Morgan fingerprint density at radius 1 is 1.00 bits per heavy atom. The lowest BCUT2D eigenvalue weighted by Gasteiger charge is -2.33. The smallest absolute Gasteiger partial charge is 0.419 e. The van der Waals surface area contributed by atoms with Crippen LogP contribution >= 0.6 is 15.9 Å². The Balaban J connectivity index is 1.32. The van der Waals surface area contributed by atoms with Crippen LogP contribution in [0.5, 0.6) is 5.75 Å². The second-order valence-electron chi connectivity index (χ2n) is 8.35. The fourth-order valence-corrected chi connectivity index (χ4v) is 4.52. The van der Waals surface area contributed by atoms with Crippen LogP contribution in [0.2, 0.25) is 0 Å². The summed E-state index contributed by atoms with van der Waals surface area (Å²) in [6, 6.07) is 17.0. The van der Waals surface area contributed by atoms with Gasteiger partial charge in [0, 0.05) is 34.9 Å². The van der Waals surface area contributed by atoms with Gasteiger partial charge in [-0.25, -0.2) is 0 Å². The minimum Gasteiger partial charge on any atom is -0.489 e. The predicted octanol–water partition coefficient (Wildman–Crippen LogP) is 7.13. The zero-order chi connectivity index (χ0) is 23.4. The van der Waals surface area contributed by atoms with Gasteiger partial charge in [-0.1, -0.05) is 58.4 Å². The van der Waals surface area contributed by atoms with Crippen molar-refractivity contribution >= 4 is 32.5 Å². The highest BCUT2D eigenvalue weighted by atomic mass is 79.9. The van der Waals surface area contributed by atoms with E-state index in [1.807, 2.05) is 24.3 Å². The number of rotatable bonds is 7. The van der Waals surface area contributed by atoms with E-state index in [0.29, 0.717) is 30.2 Å². The van der Waals surface area contributed by atoms with Crippen LogP contribution < -0.4 is 4.74 Å². The van der Waals surface area contributed by atoms with Gasteiger partial charge in [0.1, 0.15) is 11.9 Å². The monoisotopic (exact) mass is 519 g/mol. The molecule has 0 saturated carbocycles. The maximum absolute atomic E-state index is 13.6. The van der Waals surface area contributed by atoms with Gasteiger partial charge < -0.3 is 9.64 Å². The second kappa shape index (κ2) is 10.3. The zero-order valence-electron chi connectivity index (χ0n) is 18.1. The quantitative estimate of drug-likeness (QED) is 0.311. The van der Waals surface area contributed by atoms with E-state index in [2.05, 4.69) is 20.8 Å². The van der Waals surface area contributed by atoms with Crippen LogP contribution in [0, 0.1) is 0 Å². The first kappa shape index (κ1) is 23.8. The van der Waals surface area contributed by atoms with Crippen molar-refractivity contribution in [1.82, 2.24) is 4.90 Å². The molecule has 3 aromatic rings. The summed E-state index contributed by atoms with van der Waals surface area (Å²) in [5.74, 6) is 0.0514. The van der Waals surface area contributed by atoms with Crippen LogP contribution in [0.1, 0.15) is 41.6 Å². The van der Waals surface area contributed by atoms with E-state index in [1.165, 1.54) is 6.07 Å². The first-order valence-corrected chi connectivity index (χ1v) is 11.9. The molecule has 0 aliphatic carbocycles. The third-order valence-electron chi connectivity index (χ3n) is 6.05. The molecule has 0 atom stereocenters. The highest BCUT2D eigenvalue weighted by Crippen LogP contribution is 2.41. The summed E-state index contributed by atoms with van der Waals surface area (Å²) < 4.78 is 47.8. The molecule has 174 valence electrons. The van der Waals surface area contributed by atoms with Crippen molar-refractivity contribution in [3.8, 4) is 5.75 Å². The number of halogens is 4.